The van der Waals surface area contributed by atoms with Gasteiger partial charge in [-0.05, 0) is 44.0 Å². The molecule has 1 saturated heterocycles. The minimum atomic E-state index is -0.518. The number of hydrogen-bond acceptors (Lipinski definition) is 4. The first-order valence-corrected chi connectivity index (χ1v) is 7.21. The third kappa shape index (κ3) is 4.22. The summed E-state index contributed by atoms with van der Waals surface area (Å²) in [6, 6.07) is 9.19. The van der Waals surface area contributed by atoms with Gasteiger partial charge in [0.1, 0.15) is 24.5 Å². The van der Waals surface area contributed by atoms with Crippen molar-refractivity contribution in [1.82, 2.24) is 4.90 Å². The average Bonchev–Trinajstić information content (AvgIpc) is 2.48. The van der Waals surface area contributed by atoms with Gasteiger partial charge in [-0.3, -0.25) is 0 Å². The van der Waals surface area contributed by atoms with Gasteiger partial charge in [0.05, 0.1) is 5.56 Å². The molecule has 1 heterocycles. The number of likely N-dealkylation sites (tertiary alicyclic amines) is 1. The fourth-order valence-electron chi connectivity index (χ4n) is 2.47. The normalized spacial score (nSPS) is 18.4. The molecule has 0 spiro atoms. The molecular weight excluding hydrogens is 252 g/mol. The zero-order valence-electron chi connectivity index (χ0n) is 12.0. The molecular formula is C16H22N2O2. The van der Waals surface area contributed by atoms with Gasteiger partial charge >= 0.3 is 0 Å². The predicted octanol–water partition coefficient (Wildman–Crippen LogP) is 2.03. The molecule has 1 atom stereocenters. The van der Waals surface area contributed by atoms with Crippen LogP contribution in [0.4, 0.5) is 0 Å². The van der Waals surface area contributed by atoms with Crippen LogP contribution in [0.1, 0.15) is 25.3 Å². The number of nitriles is 1. The Morgan fingerprint density at radius 3 is 2.80 bits per heavy atom. The van der Waals surface area contributed by atoms with E-state index in [0.717, 1.165) is 19.0 Å². The number of rotatable bonds is 5. The quantitative estimate of drug-likeness (QED) is 0.892. The zero-order valence-corrected chi connectivity index (χ0v) is 12.0. The Morgan fingerprint density at radius 1 is 1.40 bits per heavy atom. The van der Waals surface area contributed by atoms with Crippen molar-refractivity contribution in [1.29, 1.82) is 5.26 Å². The van der Waals surface area contributed by atoms with Gasteiger partial charge in [0, 0.05) is 6.54 Å². The van der Waals surface area contributed by atoms with Crippen molar-refractivity contribution in [3.05, 3.63) is 29.8 Å². The standard InChI is InChI=1S/C16H22N2O2/c1-13-6-8-18(9-7-13)11-15(19)12-20-16-5-3-2-4-14(16)10-17/h2-5,13,15,19H,6-9,11-12H2,1H3. The third-order valence-electron chi connectivity index (χ3n) is 3.78. The van der Waals surface area contributed by atoms with E-state index in [1.165, 1.54) is 12.8 Å². The summed E-state index contributed by atoms with van der Waals surface area (Å²) in [7, 11) is 0. The van der Waals surface area contributed by atoms with Crippen molar-refractivity contribution < 1.29 is 9.84 Å². The van der Waals surface area contributed by atoms with Crippen molar-refractivity contribution >= 4 is 0 Å². The lowest BCUT2D eigenvalue weighted by atomic mass is 9.99. The lowest BCUT2D eigenvalue weighted by molar-refractivity contribution is 0.0562. The highest BCUT2D eigenvalue weighted by molar-refractivity contribution is 5.42. The molecule has 0 radical (unpaired) electrons. The fourth-order valence-corrected chi connectivity index (χ4v) is 2.47. The minimum Gasteiger partial charge on any atom is -0.489 e. The molecule has 0 amide bonds. The summed E-state index contributed by atoms with van der Waals surface area (Å²) < 4.78 is 5.55. The van der Waals surface area contributed by atoms with Gasteiger partial charge in [0.15, 0.2) is 0 Å². The number of hydrogen-bond donors (Lipinski definition) is 1. The molecule has 1 aromatic carbocycles. The van der Waals surface area contributed by atoms with Crippen molar-refractivity contribution in [3.8, 4) is 11.8 Å². The number of β-amino-alcohol motifs (C(OH)–C–C–N with tert-alkyl or cyclic N) is 1. The van der Waals surface area contributed by atoms with E-state index in [2.05, 4.69) is 17.9 Å². The highest BCUT2D eigenvalue weighted by Crippen LogP contribution is 2.18. The Labute approximate surface area is 120 Å². The lowest BCUT2D eigenvalue weighted by Crippen LogP contribution is -2.40. The molecule has 2 rings (SSSR count). The van der Waals surface area contributed by atoms with Crippen LogP contribution in [0.3, 0.4) is 0 Å². The van der Waals surface area contributed by atoms with Crippen LogP contribution in [0.25, 0.3) is 0 Å². The Balaban J connectivity index is 1.77. The van der Waals surface area contributed by atoms with Crippen molar-refractivity contribution in [2.45, 2.75) is 25.9 Å². The van der Waals surface area contributed by atoms with Gasteiger partial charge in [-0.2, -0.15) is 5.26 Å². The Bertz CT molecular complexity index is 462. The van der Waals surface area contributed by atoms with Gasteiger partial charge in [0.25, 0.3) is 0 Å². The smallest absolute Gasteiger partial charge is 0.137 e. The average molecular weight is 274 g/mol. The highest BCUT2D eigenvalue weighted by Gasteiger charge is 2.18. The van der Waals surface area contributed by atoms with E-state index < -0.39 is 6.10 Å². The number of ether oxygens (including phenoxy) is 1. The van der Waals surface area contributed by atoms with Crippen molar-refractivity contribution in [3.63, 3.8) is 0 Å². The maximum atomic E-state index is 10.0. The van der Waals surface area contributed by atoms with E-state index in [9.17, 15) is 5.11 Å². The predicted molar refractivity (Wildman–Crippen MR) is 77.5 cm³/mol. The van der Waals surface area contributed by atoms with Gasteiger partial charge in [0.2, 0.25) is 0 Å². The van der Waals surface area contributed by atoms with Gasteiger partial charge in [-0.25, -0.2) is 0 Å². The Hall–Kier alpha value is -1.57. The largest absolute Gasteiger partial charge is 0.489 e. The number of para-hydroxylation sites is 1. The topological polar surface area (TPSA) is 56.5 Å². The number of benzene rings is 1. The second-order valence-corrected chi connectivity index (χ2v) is 5.56. The van der Waals surface area contributed by atoms with Crippen LogP contribution in [0, 0.1) is 17.2 Å². The summed E-state index contributed by atoms with van der Waals surface area (Å²) >= 11 is 0. The maximum absolute atomic E-state index is 10.0. The summed E-state index contributed by atoms with van der Waals surface area (Å²) in [6.45, 7) is 5.24. The maximum Gasteiger partial charge on any atom is 0.137 e. The van der Waals surface area contributed by atoms with Gasteiger partial charge in [-0.15, -0.1) is 0 Å². The number of nitrogens with zero attached hydrogens (tertiary/aromatic N) is 2. The molecule has 108 valence electrons. The summed E-state index contributed by atoms with van der Waals surface area (Å²) in [6.07, 6.45) is 1.88. The molecule has 1 aromatic rings. The van der Waals surface area contributed by atoms with Crippen LogP contribution in [0.15, 0.2) is 24.3 Å². The Morgan fingerprint density at radius 2 is 2.10 bits per heavy atom. The zero-order chi connectivity index (χ0) is 14.4. The molecule has 1 fully saturated rings. The lowest BCUT2D eigenvalue weighted by Gasteiger charge is -2.31. The minimum absolute atomic E-state index is 0.227. The molecule has 1 aliphatic rings. The summed E-state index contributed by atoms with van der Waals surface area (Å²) in [4.78, 5) is 2.28. The number of piperidine rings is 1. The van der Waals surface area contributed by atoms with E-state index in [1.807, 2.05) is 6.07 Å². The first-order valence-electron chi connectivity index (χ1n) is 7.21. The van der Waals surface area contributed by atoms with E-state index >= 15 is 0 Å². The van der Waals surface area contributed by atoms with Crippen molar-refractivity contribution in [2.24, 2.45) is 5.92 Å². The van der Waals surface area contributed by atoms with Crippen LogP contribution in [0.5, 0.6) is 5.75 Å². The summed E-state index contributed by atoms with van der Waals surface area (Å²) in [5.41, 5.74) is 0.506. The van der Waals surface area contributed by atoms with Crippen molar-refractivity contribution in [2.75, 3.05) is 26.2 Å². The molecule has 20 heavy (non-hydrogen) atoms. The van der Waals surface area contributed by atoms with E-state index in [1.54, 1.807) is 18.2 Å². The van der Waals surface area contributed by atoms with Gasteiger partial charge < -0.3 is 14.7 Å². The molecule has 0 aliphatic carbocycles. The summed E-state index contributed by atoms with van der Waals surface area (Å²) in [5, 5.41) is 19.0. The molecule has 0 aromatic heterocycles. The Kier molecular flexibility index (Phi) is 5.40. The molecule has 4 heteroatoms. The van der Waals surface area contributed by atoms with Crippen LogP contribution in [0.2, 0.25) is 0 Å². The molecule has 1 N–H and O–H groups in total. The SMILES string of the molecule is CC1CCN(CC(O)COc2ccccc2C#N)CC1. The highest BCUT2D eigenvalue weighted by atomic mass is 16.5. The molecule has 1 aliphatic heterocycles. The second-order valence-electron chi connectivity index (χ2n) is 5.56. The third-order valence-corrected chi connectivity index (χ3v) is 3.78. The van der Waals surface area contributed by atoms with E-state index in [0.29, 0.717) is 17.9 Å². The summed E-state index contributed by atoms with van der Waals surface area (Å²) in [5.74, 6) is 1.34. The number of aliphatic hydroxyl groups excluding tert-OH is 1. The first-order chi connectivity index (χ1) is 9.69. The molecule has 1 unspecified atom stereocenters. The van der Waals surface area contributed by atoms with Crippen LogP contribution >= 0.6 is 0 Å². The fraction of sp³-hybridized carbons (Fsp3) is 0.562. The molecule has 4 nitrogen and oxygen atoms in total. The van der Waals surface area contributed by atoms with Crippen LogP contribution in [-0.4, -0.2) is 42.4 Å². The van der Waals surface area contributed by atoms with Gasteiger partial charge in [-0.1, -0.05) is 19.1 Å². The molecule has 0 saturated carbocycles. The second kappa shape index (κ2) is 7.28. The molecule has 0 bridgehead atoms. The van der Waals surface area contributed by atoms with Crippen LogP contribution in [-0.2, 0) is 0 Å². The van der Waals surface area contributed by atoms with E-state index in [-0.39, 0.29) is 6.61 Å². The monoisotopic (exact) mass is 274 g/mol. The number of aliphatic hydroxyl groups is 1. The first kappa shape index (κ1) is 14.8. The van der Waals surface area contributed by atoms with E-state index in [4.69, 9.17) is 10.00 Å². The van der Waals surface area contributed by atoms with Crippen LogP contribution < -0.4 is 4.74 Å².